The number of ketones is 1. The van der Waals surface area contributed by atoms with Crippen LogP contribution in [0.1, 0.15) is 67.5 Å². The van der Waals surface area contributed by atoms with Crippen molar-refractivity contribution in [3.63, 3.8) is 0 Å². The molecule has 0 spiro atoms. The molecular weight excluding hydrogens is 386 g/mol. The van der Waals surface area contributed by atoms with E-state index < -0.39 is 0 Å². The van der Waals surface area contributed by atoms with Crippen LogP contribution in [0, 0.1) is 5.92 Å². The van der Waals surface area contributed by atoms with Crippen LogP contribution in [0.5, 0.6) is 0 Å². The average molecular weight is 418 g/mol. The van der Waals surface area contributed by atoms with E-state index in [4.69, 9.17) is 0 Å². The number of aromatic amines is 1. The van der Waals surface area contributed by atoms with Gasteiger partial charge in [-0.1, -0.05) is 50.8 Å². The van der Waals surface area contributed by atoms with E-state index in [1.54, 1.807) is 4.90 Å². The summed E-state index contributed by atoms with van der Waals surface area (Å²) in [5.41, 5.74) is 5.48. The molecule has 0 saturated heterocycles. The third kappa shape index (κ3) is 4.87. The van der Waals surface area contributed by atoms with Crippen LogP contribution in [-0.2, 0) is 16.0 Å². The van der Waals surface area contributed by atoms with Crippen molar-refractivity contribution >= 4 is 17.3 Å². The number of rotatable bonds is 8. The number of carbonyl (C=O) groups excluding carboxylic acids is 2. The summed E-state index contributed by atoms with van der Waals surface area (Å²) in [5.74, 6) is 0.874. The molecular formula is C26H31N3O2. The highest BCUT2D eigenvalue weighted by Crippen LogP contribution is 2.39. The van der Waals surface area contributed by atoms with Crippen LogP contribution < -0.4 is 0 Å². The van der Waals surface area contributed by atoms with Crippen molar-refractivity contribution in [2.24, 2.45) is 5.92 Å². The molecule has 2 aliphatic rings. The summed E-state index contributed by atoms with van der Waals surface area (Å²) in [4.78, 5) is 26.7. The van der Waals surface area contributed by atoms with Gasteiger partial charge in [0.05, 0.1) is 5.69 Å². The Labute approximate surface area is 184 Å². The Bertz CT molecular complexity index is 996. The van der Waals surface area contributed by atoms with Gasteiger partial charge >= 0.3 is 0 Å². The largest absolute Gasteiger partial charge is 0.335 e. The predicted molar refractivity (Wildman–Crippen MR) is 123 cm³/mol. The van der Waals surface area contributed by atoms with E-state index in [2.05, 4.69) is 67.0 Å². The van der Waals surface area contributed by atoms with Gasteiger partial charge in [-0.3, -0.25) is 14.7 Å². The minimum atomic E-state index is -0.136. The molecule has 2 aromatic rings. The van der Waals surface area contributed by atoms with Crippen molar-refractivity contribution in [2.45, 2.75) is 51.4 Å². The Balaban J connectivity index is 1.45. The van der Waals surface area contributed by atoms with Crippen LogP contribution in [0.3, 0.4) is 0 Å². The van der Waals surface area contributed by atoms with Crippen LogP contribution >= 0.6 is 0 Å². The quantitative estimate of drug-likeness (QED) is 0.636. The number of hydrogen-bond acceptors (Lipinski definition) is 3. The summed E-state index contributed by atoms with van der Waals surface area (Å²) in [6.07, 6.45) is 7.11. The van der Waals surface area contributed by atoms with Gasteiger partial charge in [0.15, 0.2) is 0 Å². The molecule has 1 aromatic carbocycles. The predicted octanol–water partition coefficient (Wildman–Crippen LogP) is 4.64. The van der Waals surface area contributed by atoms with E-state index in [9.17, 15) is 9.59 Å². The Hall–Kier alpha value is -2.95. The second-order valence-corrected chi connectivity index (χ2v) is 9.05. The van der Waals surface area contributed by atoms with Crippen LogP contribution in [0.4, 0.5) is 0 Å². The normalized spacial score (nSPS) is 17.4. The van der Waals surface area contributed by atoms with Crippen LogP contribution in [-0.4, -0.2) is 39.9 Å². The monoisotopic (exact) mass is 417 g/mol. The molecule has 1 saturated carbocycles. The third-order valence-corrected chi connectivity index (χ3v) is 6.36. The molecule has 5 nitrogen and oxygen atoms in total. The zero-order valence-corrected chi connectivity index (χ0v) is 18.4. The first-order valence-corrected chi connectivity index (χ1v) is 11.2. The first-order valence-electron chi connectivity index (χ1n) is 11.2. The minimum Gasteiger partial charge on any atom is -0.335 e. The maximum Gasteiger partial charge on any atom is 0.246 e. The summed E-state index contributed by atoms with van der Waals surface area (Å²) in [5, 5.41) is 7.44. The summed E-state index contributed by atoms with van der Waals surface area (Å²) in [7, 11) is 0. The molecule has 31 heavy (non-hydrogen) atoms. The van der Waals surface area contributed by atoms with E-state index in [1.807, 2.05) is 0 Å². The van der Waals surface area contributed by atoms with E-state index in [-0.39, 0.29) is 23.5 Å². The molecule has 0 bridgehead atoms. The fourth-order valence-electron chi connectivity index (χ4n) is 4.46. The standard InChI is InChI=1S/C26H31N3O2/c1-4-25(31)29-13-11-19(12-14-29)18-5-9-21(10-6-18)26(17(2)3)24(30)16-22-15-23(28-27-22)20-7-8-20/h4-6,9-11,15,17,20,26H,1,7-8,12-14,16H2,2-3H3,(H,27,28). The fraction of sp³-hybridized carbons (Fsp3) is 0.423. The highest BCUT2D eigenvalue weighted by atomic mass is 16.2. The fourth-order valence-corrected chi connectivity index (χ4v) is 4.46. The van der Waals surface area contributed by atoms with E-state index in [1.165, 1.54) is 24.5 Å². The molecule has 1 aromatic heterocycles. The highest BCUT2D eigenvalue weighted by Gasteiger charge is 2.28. The number of H-pyrrole nitrogens is 1. The molecule has 1 unspecified atom stereocenters. The lowest BCUT2D eigenvalue weighted by Gasteiger charge is -2.26. The number of Topliss-reactive ketones (excluding diaryl/α,β-unsaturated/α-hetero) is 1. The molecule has 1 aliphatic carbocycles. The number of amides is 1. The third-order valence-electron chi connectivity index (χ3n) is 6.36. The van der Waals surface area contributed by atoms with Crippen LogP contribution in [0.2, 0.25) is 0 Å². The first-order chi connectivity index (χ1) is 15.0. The highest BCUT2D eigenvalue weighted by molar-refractivity contribution is 5.88. The molecule has 5 heteroatoms. The van der Waals surface area contributed by atoms with Gasteiger partial charge in [0.2, 0.25) is 5.91 Å². The Morgan fingerprint density at radius 2 is 2.00 bits per heavy atom. The molecule has 162 valence electrons. The molecule has 0 radical (unpaired) electrons. The molecule has 1 N–H and O–H groups in total. The lowest BCUT2D eigenvalue weighted by molar-refractivity contribution is -0.125. The second kappa shape index (κ2) is 9.04. The van der Waals surface area contributed by atoms with Crippen molar-refractivity contribution < 1.29 is 9.59 Å². The zero-order valence-electron chi connectivity index (χ0n) is 18.4. The molecule has 4 rings (SSSR count). The van der Waals surface area contributed by atoms with Gasteiger partial charge in [0, 0.05) is 37.0 Å². The van der Waals surface area contributed by atoms with Crippen molar-refractivity contribution in [3.05, 3.63) is 71.6 Å². The van der Waals surface area contributed by atoms with Gasteiger partial charge in [-0.2, -0.15) is 5.10 Å². The number of nitrogens with zero attached hydrogens (tertiary/aromatic N) is 2. The van der Waals surface area contributed by atoms with Gasteiger partial charge in [0.1, 0.15) is 5.78 Å². The number of nitrogens with one attached hydrogen (secondary N) is 1. The Kier molecular flexibility index (Phi) is 6.21. The summed E-state index contributed by atoms with van der Waals surface area (Å²) in [6, 6.07) is 10.4. The number of benzene rings is 1. The van der Waals surface area contributed by atoms with Gasteiger partial charge in [-0.05, 0) is 54.0 Å². The summed E-state index contributed by atoms with van der Waals surface area (Å²) >= 11 is 0. The molecule has 1 aliphatic heterocycles. The molecule has 2 heterocycles. The first kappa shape index (κ1) is 21.3. The summed E-state index contributed by atoms with van der Waals surface area (Å²) in [6.45, 7) is 9.09. The molecule has 1 atom stereocenters. The maximum atomic E-state index is 13.2. The smallest absolute Gasteiger partial charge is 0.246 e. The lowest BCUT2D eigenvalue weighted by Crippen LogP contribution is -2.33. The van der Waals surface area contributed by atoms with Crippen molar-refractivity contribution in [2.75, 3.05) is 13.1 Å². The summed E-state index contributed by atoms with van der Waals surface area (Å²) < 4.78 is 0. The second-order valence-electron chi connectivity index (χ2n) is 9.05. The Morgan fingerprint density at radius 1 is 1.26 bits per heavy atom. The Morgan fingerprint density at radius 3 is 2.58 bits per heavy atom. The van der Waals surface area contributed by atoms with Gasteiger partial charge in [0.25, 0.3) is 0 Å². The molecule has 1 fully saturated rings. The zero-order chi connectivity index (χ0) is 22.0. The van der Waals surface area contributed by atoms with Crippen LogP contribution in [0.15, 0.2) is 49.1 Å². The van der Waals surface area contributed by atoms with Gasteiger partial charge in [-0.15, -0.1) is 0 Å². The molecule has 1 amide bonds. The van der Waals surface area contributed by atoms with Crippen molar-refractivity contribution in [1.29, 1.82) is 0 Å². The van der Waals surface area contributed by atoms with Gasteiger partial charge in [-0.25, -0.2) is 0 Å². The number of aromatic nitrogens is 2. The topological polar surface area (TPSA) is 66.1 Å². The van der Waals surface area contributed by atoms with Crippen molar-refractivity contribution in [1.82, 2.24) is 15.1 Å². The van der Waals surface area contributed by atoms with E-state index in [0.717, 1.165) is 28.9 Å². The minimum absolute atomic E-state index is 0.0227. The van der Waals surface area contributed by atoms with Gasteiger partial charge < -0.3 is 4.90 Å². The van der Waals surface area contributed by atoms with E-state index >= 15 is 0 Å². The SMILES string of the molecule is C=CC(=O)N1CC=C(c2ccc(C(C(=O)Cc3cc(C4CC4)n[nH]3)C(C)C)cc2)CC1. The maximum absolute atomic E-state index is 13.2. The number of hydrogen-bond donors (Lipinski definition) is 1. The van der Waals surface area contributed by atoms with E-state index in [0.29, 0.717) is 25.4 Å². The number of carbonyl (C=O) groups is 2. The lowest BCUT2D eigenvalue weighted by atomic mass is 9.82. The average Bonchev–Trinajstić information content (AvgIpc) is 3.53. The van der Waals surface area contributed by atoms with Crippen molar-refractivity contribution in [3.8, 4) is 0 Å². The van der Waals surface area contributed by atoms with Crippen LogP contribution in [0.25, 0.3) is 5.57 Å².